The van der Waals surface area contributed by atoms with Gasteiger partial charge in [0, 0.05) is 25.2 Å². The van der Waals surface area contributed by atoms with Crippen LogP contribution in [-0.2, 0) is 15.7 Å². The van der Waals surface area contributed by atoms with E-state index in [1.165, 1.54) is 0 Å². The van der Waals surface area contributed by atoms with Crippen molar-refractivity contribution in [2.45, 2.75) is 51.3 Å². The highest BCUT2D eigenvalue weighted by atomic mass is 19.4. The normalized spacial score (nSPS) is 20.1. The summed E-state index contributed by atoms with van der Waals surface area (Å²) in [5.41, 5.74) is -0.672. The van der Waals surface area contributed by atoms with Crippen LogP contribution in [0.2, 0.25) is 0 Å². The molecule has 1 atom stereocenters. The molecule has 1 saturated heterocycles. The number of alkyl halides is 9. The van der Waals surface area contributed by atoms with Gasteiger partial charge >= 0.3 is 24.6 Å². The molecule has 1 aliphatic carbocycles. The largest absolute Gasteiger partial charge is 0.451 e. The lowest BCUT2D eigenvalue weighted by Gasteiger charge is -2.33. The highest BCUT2D eigenvalue weighted by Gasteiger charge is 2.61. The van der Waals surface area contributed by atoms with Gasteiger partial charge in [-0.1, -0.05) is 7.43 Å². The van der Waals surface area contributed by atoms with Crippen molar-refractivity contribution in [3.8, 4) is 0 Å². The van der Waals surface area contributed by atoms with E-state index in [-0.39, 0.29) is 45.6 Å². The molecule has 1 aliphatic heterocycles. The lowest BCUT2D eigenvalue weighted by atomic mass is 9.91. The van der Waals surface area contributed by atoms with Gasteiger partial charge in [0.2, 0.25) is 11.7 Å². The quantitative estimate of drug-likeness (QED) is 0.591. The first-order chi connectivity index (χ1) is 15.0. The number of likely N-dealkylation sites (tertiary alicyclic amines) is 1. The van der Waals surface area contributed by atoms with Crippen LogP contribution in [0, 0.1) is 11.3 Å². The molecule has 0 bridgehead atoms. The Kier molecular flexibility index (Phi) is 7.34. The third-order valence-corrected chi connectivity index (χ3v) is 5.50. The second-order valence-corrected chi connectivity index (χ2v) is 7.71. The van der Waals surface area contributed by atoms with E-state index in [0.717, 1.165) is 12.3 Å². The molecule has 1 unspecified atom stereocenters. The Labute approximate surface area is 186 Å². The van der Waals surface area contributed by atoms with Gasteiger partial charge in [0.15, 0.2) is 0 Å². The third kappa shape index (κ3) is 6.00. The first kappa shape index (κ1) is 27.4. The predicted molar refractivity (Wildman–Crippen MR) is 96.1 cm³/mol. The average Bonchev–Trinajstić information content (AvgIpc) is 3.37. The van der Waals surface area contributed by atoms with Crippen molar-refractivity contribution in [2.75, 3.05) is 18.4 Å². The molecule has 34 heavy (non-hydrogen) atoms. The first-order valence-electron chi connectivity index (χ1n) is 9.33. The molecule has 2 fully saturated rings. The summed E-state index contributed by atoms with van der Waals surface area (Å²) >= 11 is 0. The summed E-state index contributed by atoms with van der Waals surface area (Å²) in [6.45, 7) is -0.506. The van der Waals surface area contributed by atoms with Gasteiger partial charge in [-0.25, -0.2) is 14.8 Å². The first-order valence-corrected chi connectivity index (χ1v) is 9.33. The van der Waals surface area contributed by atoms with E-state index in [9.17, 15) is 49.1 Å². The van der Waals surface area contributed by atoms with Crippen LogP contribution in [0.4, 0.5) is 50.1 Å². The Hall–Kier alpha value is -2.81. The summed E-state index contributed by atoms with van der Waals surface area (Å²) in [7, 11) is 0. The molecule has 1 N–H and O–H groups in total. The molecule has 7 nitrogen and oxygen atoms in total. The number of amides is 2. The fourth-order valence-corrected chi connectivity index (χ4v) is 3.68. The molecule has 3 rings (SSSR count). The molecule has 1 spiro atoms. The van der Waals surface area contributed by atoms with Crippen molar-refractivity contribution in [1.29, 1.82) is 0 Å². The van der Waals surface area contributed by atoms with Gasteiger partial charge < -0.3 is 15.0 Å². The van der Waals surface area contributed by atoms with Gasteiger partial charge in [0.1, 0.15) is 5.82 Å². The number of nitrogens with one attached hydrogen (secondary N) is 1. The summed E-state index contributed by atoms with van der Waals surface area (Å²) in [4.78, 5) is 31.2. The Bertz CT molecular complexity index is 895. The minimum absolute atomic E-state index is 0. The Morgan fingerprint density at radius 2 is 1.62 bits per heavy atom. The molecule has 1 saturated carbocycles. The van der Waals surface area contributed by atoms with Crippen molar-refractivity contribution in [3.05, 3.63) is 18.1 Å². The molecule has 0 aromatic carbocycles. The fraction of sp³-hybridized carbons (Fsp3) is 0.667. The van der Waals surface area contributed by atoms with Gasteiger partial charge in [-0.15, -0.1) is 0 Å². The second-order valence-electron chi connectivity index (χ2n) is 7.71. The summed E-state index contributed by atoms with van der Waals surface area (Å²) in [6, 6.07) is 1.05. The van der Waals surface area contributed by atoms with Gasteiger partial charge in [0.05, 0.1) is 0 Å². The average molecular weight is 510 g/mol. The zero-order chi connectivity index (χ0) is 24.8. The van der Waals surface area contributed by atoms with E-state index < -0.39 is 53.8 Å². The number of carbonyl (C=O) groups excluding carboxylic acids is 2. The van der Waals surface area contributed by atoms with Crippen LogP contribution in [0.25, 0.3) is 0 Å². The van der Waals surface area contributed by atoms with Crippen molar-refractivity contribution in [1.82, 2.24) is 14.9 Å². The van der Waals surface area contributed by atoms with Gasteiger partial charge in [-0.05, 0) is 30.7 Å². The smallest absolute Gasteiger partial charge is 0.426 e. The van der Waals surface area contributed by atoms with E-state index in [1.807, 2.05) is 0 Å². The summed E-state index contributed by atoms with van der Waals surface area (Å²) in [6.07, 6.45) is -21.3. The SMILES string of the molecule is C.O=C(Nc1ccnc(C(F)(F)F)n1)C1CC12CCN(C(=O)OC(C(F)(F)F)C(F)(F)F)CC2. The van der Waals surface area contributed by atoms with Crippen molar-refractivity contribution in [2.24, 2.45) is 11.3 Å². The lowest BCUT2D eigenvalue weighted by Crippen LogP contribution is -2.49. The minimum atomic E-state index is -5.84. The van der Waals surface area contributed by atoms with E-state index >= 15 is 0 Å². The molecular formula is C18H19F9N4O3. The molecule has 2 amide bonds. The van der Waals surface area contributed by atoms with Gasteiger partial charge in [-0.2, -0.15) is 39.5 Å². The number of carbonyl (C=O) groups is 2. The van der Waals surface area contributed by atoms with Gasteiger partial charge in [0.25, 0.3) is 6.10 Å². The molecule has 192 valence electrons. The Morgan fingerprint density at radius 1 is 1.06 bits per heavy atom. The highest BCUT2D eigenvalue weighted by molar-refractivity contribution is 5.94. The summed E-state index contributed by atoms with van der Waals surface area (Å²) in [5.74, 6) is -3.14. The topological polar surface area (TPSA) is 84.4 Å². The number of aromatic nitrogens is 2. The molecular weight excluding hydrogens is 491 g/mol. The summed E-state index contributed by atoms with van der Waals surface area (Å²) in [5, 5.41) is 2.24. The molecule has 16 heteroatoms. The maximum Gasteiger partial charge on any atom is 0.451 e. The third-order valence-electron chi connectivity index (χ3n) is 5.50. The number of anilines is 1. The van der Waals surface area contributed by atoms with Crippen LogP contribution >= 0.6 is 0 Å². The maximum absolute atomic E-state index is 12.7. The highest BCUT2D eigenvalue weighted by Crippen LogP contribution is 2.59. The monoisotopic (exact) mass is 510 g/mol. The van der Waals surface area contributed by atoms with Crippen LogP contribution < -0.4 is 5.32 Å². The Morgan fingerprint density at radius 3 is 2.12 bits per heavy atom. The van der Waals surface area contributed by atoms with Crippen LogP contribution in [0.5, 0.6) is 0 Å². The van der Waals surface area contributed by atoms with E-state index in [1.54, 1.807) is 0 Å². The van der Waals surface area contributed by atoms with Gasteiger partial charge in [-0.3, -0.25) is 4.79 Å². The van der Waals surface area contributed by atoms with E-state index in [2.05, 4.69) is 20.0 Å². The minimum Gasteiger partial charge on any atom is -0.426 e. The van der Waals surface area contributed by atoms with Crippen molar-refractivity contribution < 1.29 is 53.8 Å². The molecule has 1 aromatic rings. The van der Waals surface area contributed by atoms with Crippen molar-refractivity contribution >= 4 is 17.8 Å². The number of hydrogen-bond acceptors (Lipinski definition) is 5. The number of halogens is 9. The second kappa shape index (κ2) is 9.09. The molecule has 2 heterocycles. The van der Waals surface area contributed by atoms with Crippen LogP contribution in [0.3, 0.4) is 0 Å². The zero-order valence-electron chi connectivity index (χ0n) is 16.3. The predicted octanol–water partition coefficient (Wildman–Crippen LogP) is 4.80. The number of rotatable bonds is 3. The number of ether oxygens (including phenoxy) is 1. The molecule has 1 aromatic heterocycles. The van der Waals surface area contributed by atoms with E-state index in [0.29, 0.717) is 4.90 Å². The molecule has 2 aliphatic rings. The zero-order valence-corrected chi connectivity index (χ0v) is 16.3. The number of piperidine rings is 1. The van der Waals surface area contributed by atoms with E-state index in [4.69, 9.17) is 0 Å². The fourth-order valence-electron chi connectivity index (χ4n) is 3.68. The molecule has 0 radical (unpaired) electrons. The number of nitrogens with zero attached hydrogens (tertiary/aromatic N) is 3. The number of hydrogen-bond donors (Lipinski definition) is 1. The van der Waals surface area contributed by atoms with Crippen molar-refractivity contribution in [3.63, 3.8) is 0 Å². The van der Waals surface area contributed by atoms with Crippen LogP contribution in [0.15, 0.2) is 12.3 Å². The summed E-state index contributed by atoms with van der Waals surface area (Å²) < 4.78 is 117. The van der Waals surface area contributed by atoms with Crippen LogP contribution in [0.1, 0.15) is 32.5 Å². The standard InChI is InChI=1S/C17H15F9N4O3.CH4/c18-15(19,20)11(16(21,22)23)33-13(32)30-5-2-14(3-6-30)7-8(14)10(31)28-9-1-4-27-12(29-9)17(24,25)26;/h1,4,8,11H,2-3,5-7H2,(H,27,28,29,31);1H4. The lowest BCUT2D eigenvalue weighted by molar-refractivity contribution is -0.308. The van der Waals surface area contributed by atoms with Crippen LogP contribution in [-0.4, -0.2) is 58.4 Å². The Balaban J connectivity index is 0.00000408. The maximum atomic E-state index is 12.7.